The summed E-state index contributed by atoms with van der Waals surface area (Å²) in [7, 11) is 0. The molecule has 0 aliphatic rings. The van der Waals surface area contributed by atoms with Crippen molar-refractivity contribution in [3.8, 4) is 11.9 Å². The van der Waals surface area contributed by atoms with Gasteiger partial charge in [-0.2, -0.15) is 10.4 Å². The molecule has 2 aromatic rings. The summed E-state index contributed by atoms with van der Waals surface area (Å²) in [5, 5.41) is 27.6. The average Bonchev–Trinajstić information content (AvgIpc) is 2.53. The molecule has 1 aromatic carbocycles. The predicted octanol–water partition coefficient (Wildman–Crippen LogP) is 4.11. The lowest BCUT2D eigenvalue weighted by Crippen LogP contribution is -2.24. The van der Waals surface area contributed by atoms with E-state index in [-0.39, 0.29) is 23.0 Å². The Morgan fingerprint density at radius 3 is 2.38 bits per heavy atom. The number of azo groups is 1. The summed E-state index contributed by atoms with van der Waals surface area (Å²) in [6.07, 6.45) is 0. The van der Waals surface area contributed by atoms with Crippen molar-refractivity contribution in [3.05, 3.63) is 51.3 Å². The molecular formula is C18H20N4O2. The highest BCUT2D eigenvalue weighted by atomic mass is 16.3. The summed E-state index contributed by atoms with van der Waals surface area (Å²) in [4.78, 5) is 12.6. The first kappa shape index (κ1) is 17.4. The van der Waals surface area contributed by atoms with Crippen molar-refractivity contribution in [2.24, 2.45) is 16.1 Å². The minimum atomic E-state index is -0.450. The molecule has 0 unspecified atom stereocenters. The normalized spacial score (nSPS) is 11.2. The molecule has 0 saturated carbocycles. The van der Waals surface area contributed by atoms with E-state index in [1.807, 2.05) is 39.0 Å². The second kappa shape index (κ2) is 7.09. The number of benzene rings is 1. The Labute approximate surface area is 140 Å². The van der Waals surface area contributed by atoms with Gasteiger partial charge in [0.2, 0.25) is 5.88 Å². The third-order valence-electron chi connectivity index (χ3n) is 3.62. The zero-order valence-corrected chi connectivity index (χ0v) is 14.2. The van der Waals surface area contributed by atoms with E-state index < -0.39 is 5.56 Å². The fourth-order valence-corrected chi connectivity index (χ4v) is 2.31. The maximum Gasteiger partial charge on any atom is 0.281 e. The molecule has 1 heterocycles. The lowest BCUT2D eigenvalue weighted by atomic mass is 10.1. The van der Waals surface area contributed by atoms with Gasteiger partial charge < -0.3 is 5.11 Å². The molecular weight excluding hydrogens is 304 g/mol. The maximum atomic E-state index is 12.6. The number of aryl methyl sites for hydroxylation is 1. The lowest BCUT2D eigenvalue weighted by Gasteiger charge is -2.14. The van der Waals surface area contributed by atoms with Crippen molar-refractivity contribution >= 4 is 11.4 Å². The zero-order chi connectivity index (χ0) is 17.9. The van der Waals surface area contributed by atoms with Crippen LogP contribution in [0.25, 0.3) is 0 Å². The molecule has 0 atom stereocenters. The molecule has 0 saturated heterocycles. The number of rotatable bonds is 4. The lowest BCUT2D eigenvalue weighted by molar-refractivity contribution is 0.381. The van der Waals surface area contributed by atoms with Crippen LogP contribution in [0.1, 0.15) is 30.5 Å². The first-order valence-corrected chi connectivity index (χ1v) is 7.70. The highest BCUT2D eigenvalue weighted by molar-refractivity contribution is 5.56. The van der Waals surface area contributed by atoms with Crippen LogP contribution in [0.3, 0.4) is 0 Å². The van der Waals surface area contributed by atoms with E-state index in [0.29, 0.717) is 17.8 Å². The topological polar surface area (TPSA) is 90.7 Å². The van der Waals surface area contributed by atoms with Gasteiger partial charge in [-0.05, 0) is 31.9 Å². The minimum absolute atomic E-state index is 0.0492. The van der Waals surface area contributed by atoms with Gasteiger partial charge in [0.1, 0.15) is 11.6 Å². The van der Waals surface area contributed by atoms with Gasteiger partial charge in [-0.25, -0.2) is 0 Å². The van der Waals surface area contributed by atoms with Crippen LogP contribution in [0.4, 0.5) is 11.4 Å². The fourth-order valence-electron chi connectivity index (χ4n) is 2.31. The SMILES string of the molecule is Cc1ccc(N=Nc2c(C)c(C#N)c(O)n(CC(C)C)c2=O)cc1. The van der Waals surface area contributed by atoms with Crippen LogP contribution in [0, 0.1) is 31.1 Å². The van der Waals surface area contributed by atoms with E-state index in [4.69, 9.17) is 0 Å². The Morgan fingerprint density at radius 2 is 1.83 bits per heavy atom. The number of nitriles is 1. The molecule has 1 aromatic heterocycles. The largest absolute Gasteiger partial charge is 0.493 e. The monoisotopic (exact) mass is 324 g/mol. The van der Waals surface area contributed by atoms with Gasteiger partial charge in [0, 0.05) is 12.1 Å². The molecule has 2 rings (SSSR count). The zero-order valence-electron chi connectivity index (χ0n) is 14.2. The van der Waals surface area contributed by atoms with Gasteiger partial charge in [-0.15, -0.1) is 5.11 Å². The van der Waals surface area contributed by atoms with Gasteiger partial charge >= 0.3 is 0 Å². The molecule has 6 heteroatoms. The van der Waals surface area contributed by atoms with Crippen LogP contribution in [0.5, 0.6) is 5.88 Å². The van der Waals surface area contributed by atoms with Gasteiger partial charge in [0.15, 0.2) is 5.69 Å². The average molecular weight is 324 g/mol. The summed E-state index contributed by atoms with van der Waals surface area (Å²) >= 11 is 0. The van der Waals surface area contributed by atoms with Crippen LogP contribution >= 0.6 is 0 Å². The molecule has 0 spiro atoms. The number of hydrogen-bond donors (Lipinski definition) is 1. The van der Waals surface area contributed by atoms with Crippen LogP contribution in [0.2, 0.25) is 0 Å². The van der Waals surface area contributed by atoms with Gasteiger partial charge in [0.25, 0.3) is 5.56 Å². The van der Waals surface area contributed by atoms with Crippen LogP contribution in [-0.4, -0.2) is 9.67 Å². The number of pyridine rings is 1. The summed E-state index contributed by atoms with van der Waals surface area (Å²) in [6, 6.07) is 9.33. The third-order valence-corrected chi connectivity index (χ3v) is 3.62. The van der Waals surface area contributed by atoms with E-state index in [1.165, 1.54) is 4.57 Å². The number of aromatic nitrogens is 1. The number of aromatic hydroxyl groups is 1. The van der Waals surface area contributed by atoms with Crippen molar-refractivity contribution in [3.63, 3.8) is 0 Å². The molecule has 124 valence electrons. The van der Waals surface area contributed by atoms with Crippen molar-refractivity contribution in [2.75, 3.05) is 0 Å². The molecule has 0 bridgehead atoms. The Hall–Kier alpha value is -2.94. The highest BCUT2D eigenvalue weighted by Crippen LogP contribution is 2.27. The van der Waals surface area contributed by atoms with Gasteiger partial charge in [-0.3, -0.25) is 9.36 Å². The second-order valence-corrected chi connectivity index (χ2v) is 6.13. The quantitative estimate of drug-likeness (QED) is 0.858. The third kappa shape index (κ3) is 3.51. The van der Waals surface area contributed by atoms with E-state index in [0.717, 1.165) is 5.56 Å². The molecule has 0 aliphatic heterocycles. The summed E-state index contributed by atoms with van der Waals surface area (Å²) in [5.41, 5.74) is 1.71. The summed E-state index contributed by atoms with van der Waals surface area (Å²) in [6.45, 7) is 7.70. The predicted molar refractivity (Wildman–Crippen MR) is 92.0 cm³/mol. The van der Waals surface area contributed by atoms with Crippen molar-refractivity contribution in [1.29, 1.82) is 5.26 Å². The Kier molecular flexibility index (Phi) is 5.14. The molecule has 24 heavy (non-hydrogen) atoms. The first-order valence-electron chi connectivity index (χ1n) is 7.70. The molecule has 6 nitrogen and oxygen atoms in total. The van der Waals surface area contributed by atoms with E-state index >= 15 is 0 Å². The maximum absolute atomic E-state index is 12.6. The second-order valence-electron chi connectivity index (χ2n) is 6.13. The Balaban J connectivity index is 2.58. The minimum Gasteiger partial charge on any atom is -0.493 e. The van der Waals surface area contributed by atoms with E-state index in [2.05, 4.69) is 10.2 Å². The molecule has 1 N–H and O–H groups in total. The first-order chi connectivity index (χ1) is 11.3. The van der Waals surface area contributed by atoms with Crippen LogP contribution in [0.15, 0.2) is 39.3 Å². The van der Waals surface area contributed by atoms with Crippen LogP contribution < -0.4 is 5.56 Å². The van der Waals surface area contributed by atoms with Gasteiger partial charge in [0.05, 0.1) is 5.69 Å². The van der Waals surface area contributed by atoms with Crippen molar-refractivity contribution in [2.45, 2.75) is 34.2 Å². The van der Waals surface area contributed by atoms with E-state index in [9.17, 15) is 15.2 Å². The molecule has 0 fully saturated rings. The van der Waals surface area contributed by atoms with Crippen molar-refractivity contribution < 1.29 is 5.11 Å². The standard InChI is InChI=1S/C18H20N4O2/c1-11(2)10-22-17(23)15(9-19)13(4)16(18(22)24)21-20-14-7-5-12(3)6-8-14/h5-8,11,23H,10H2,1-4H3. The summed E-state index contributed by atoms with van der Waals surface area (Å²) in [5.74, 6) is -0.187. The smallest absolute Gasteiger partial charge is 0.281 e. The van der Waals surface area contributed by atoms with Crippen molar-refractivity contribution in [1.82, 2.24) is 4.57 Å². The Bertz CT molecular complexity index is 872. The number of nitrogens with zero attached hydrogens (tertiary/aromatic N) is 4. The molecule has 0 aliphatic carbocycles. The van der Waals surface area contributed by atoms with Crippen LogP contribution in [-0.2, 0) is 6.54 Å². The highest BCUT2D eigenvalue weighted by Gasteiger charge is 2.19. The Morgan fingerprint density at radius 1 is 1.21 bits per heavy atom. The van der Waals surface area contributed by atoms with E-state index in [1.54, 1.807) is 19.1 Å². The molecule has 0 radical (unpaired) electrons. The summed E-state index contributed by atoms with van der Waals surface area (Å²) < 4.78 is 1.18. The fraction of sp³-hybridized carbons (Fsp3) is 0.333. The molecule has 0 amide bonds. The number of hydrogen-bond acceptors (Lipinski definition) is 5. The van der Waals surface area contributed by atoms with Gasteiger partial charge in [-0.1, -0.05) is 31.5 Å².